The van der Waals surface area contributed by atoms with E-state index >= 15 is 0 Å². The highest BCUT2D eigenvalue weighted by atomic mass is 35.5. The lowest BCUT2D eigenvalue weighted by Gasteiger charge is -2.05. The summed E-state index contributed by atoms with van der Waals surface area (Å²) in [5.74, 6) is 0.234. The number of hydrogen-bond acceptors (Lipinski definition) is 4. The molecular weight excluding hydrogens is 292 g/mol. The van der Waals surface area contributed by atoms with E-state index in [1.807, 2.05) is 24.3 Å². The second-order valence-corrected chi connectivity index (χ2v) is 4.81. The van der Waals surface area contributed by atoms with Crippen molar-refractivity contribution in [2.45, 2.75) is 6.61 Å². The van der Waals surface area contributed by atoms with Gasteiger partial charge in [-0.05, 0) is 34.5 Å². The molecule has 0 radical (unpaired) electrons. The summed E-state index contributed by atoms with van der Waals surface area (Å²) in [6.45, 7) is 0.457. The molecule has 0 aliphatic rings. The summed E-state index contributed by atoms with van der Waals surface area (Å²) < 4.78 is 11.5. The van der Waals surface area contributed by atoms with E-state index in [-0.39, 0.29) is 0 Å². The van der Waals surface area contributed by atoms with Crippen LogP contribution < -0.4 is 14.5 Å². The molecule has 0 fully saturated rings. The molecule has 1 heterocycles. The van der Waals surface area contributed by atoms with Crippen molar-refractivity contribution >= 4 is 11.6 Å². The molecule has 0 saturated heterocycles. The van der Waals surface area contributed by atoms with Crippen molar-refractivity contribution in [2.24, 2.45) is 0 Å². The molecule has 106 valence electrons. The van der Waals surface area contributed by atoms with Crippen LogP contribution in [0.2, 0.25) is 5.02 Å². The Morgan fingerprint density at radius 1 is 1.10 bits per heavy atom. The molecule has 0 amide bonds. The van der Waals surface area contributed by atoms with Crippen molar-refractivity contribution < 1.29 is 19.0 Å². The number of halogens is 1. The van der Waals surface area contributed by atoms with Gasteiger partial charge in [0.15, 0.2) is 0 Å². The first-order valence-corrected chi connectivity index (χ1v) is 6.62. The number of nitrogens with zero attached hydrogens (tertiary/aromatic N) is 2. The molecule has 0 spiro atoms. The molecule has 5 nitrogen and oxygen atoms in total. The van der Waals surface area contributed by atoms with Gasteiger partial charge < -0.3 is 14.4 Å². The van der Waals surface area contributed by atoms with Crippen molar-refractivity contribution in [3.05, 3.63) is 65.3 Å². The molecule has 0 aliphatic carbocycles. The van der Waals surface area contributed by atoms with Crippen LogP contribution in [-0.4, -0.2) is 5.27 Å². The number of ether oxygens (including phenoxy) is 1. The van der Waals surface area contributed by atoms with Gasteiger partial charge >= 0.3 is 0 Å². The molecular formula is C15H11ClN2O3. The van der Waals surface area contributed by atoms with E-state index in [1.165, 1.54) is 10.9 Å². The maximum atomic E-state index is 10.9. The molecule has 6 heteroatoms. The first-order valence-electron chi connectivity index (χ1n) is 6.24. The fourth-order valence-electron chi connectivity index (χ4n) is 1.80. The van der Waals surface area contributed by atoms with Crippen molar-refractivity contribution in [1.82, 2.24) is 5.27 Å². The molecule has 3 rings (SSSR count). The quantitative estimate of drug-likeness (QED) is 0.694. The van der Waals surface area contributed by atoms with Gasteiger partial charge in [0.2, 0.25) is 11.9 Å². The van der Waals surface area contributed by atoms with Gasteiger partial charge in [-0.15, -0.1) is 0 Å². The van der Waals surface area contributed by atoms with Gasteiger partial charge in [-0.3, -0.25) is 0 Å². The highest BCUT2D eigenvalue weighted by Crippen LogP contribution is 2.15. The predicted molar refractivity (Wildman–Crippen MR) is 73.3 cm³/mol. The first kappa shape index (κ1) is 13.5. The summed E-state index contributed by atoms with van der Waals surface area (Å²) in [5.41, 5.74) is 1.75. The zero-order valence-corrected chi connectivity index (χ0v) is 11.7. The Hall–Kier alpha value is -2.53. The highest BCUT2D eigenvalue weighted by Gasteiger charge is 2.08. The number of rotatable bonds is 4. The number of aromatic nitrogens is 2. The second-order valence-electron chi connectivity index (χ2n) is 4.37. The highest BCUT2D eigenvalue weighted by molar-refractivity contribution is 6.30. The van der Waals surface area contributed by atoms with Crippen LogP contribution in [-0.2, 0) is 6.61 Å². The zero-order chi connectivity index (χ0) is 14.7. The standard InChI is InChI=1S/C15H11ClN2O3/c16-12-3-1-11(2-4-12)10-20-14-7-5-13(6-8-14)18-9-15(19)21-17-18/h1-9H,10H2. The largest absolute Gasteiger partial charge is 0.539 e. The van der Waals surface area contributed by atoms with E-state index in [9.17, 15) is 5.11 Å². The molecule has 3 aromatic rings. The Morgan fingerprint density at radius 2 is 1.81 bits per heavy atom. The molecule has 2 aromatic carbocycles. The molecule has 0 atom stereocenters. The SMILES string of the molecule is [O-]c1c[n+](-c2ccc(OCc3ccc(Cl)cc3)cc2)no1. The predicted octanol–water partition coefficient (Wildman–Crippen LogP) is 2.26. The second kappa shape index (κ2) is 5.85. The lowest BCUT2D eigenvalue weighted by Crippen LogP contribution is -2.31. The fourth-order valence-corrected chi connectivity index (χ4v) is 1.92. The van der Waals surface area contributed by atoms with E-state index in [0.29, 0.717) is 11.6 Å². The van der Waals surface area contributed by atoms with E-state index in [0.717, 1.165) is 17.0 Å². The van der Waals surface area contributed by atoms with E-state index in [1.54, 1.807) is 24.3 Å². The molecule has 0 unspecified atom stereocenters. The lowest BCUT2D eigenvalue weighted by atomic mass is 10.2. The van der Waals surface area contributed by atoms with E-state index in [4.69, 9.17) is 16.3 Å². The Morgan fingerprint density at radius 3 is 2.43 bits per heavy atom. The van der Waals surface area contributed by atoms with Crippen molar-refractivity contribution in [3.63, 3.8) is 0 Å². The Kier molecular flexibility index (Phi) is 3.75. The smallest absolute Gasteiger partial charge is 0.239 e. The molecule has 0 aliphatic heterocycles. The van der Waals surface area contributed by atoms with Crippen LogP contribution in [0.1, 0.15) is 5.56 Å². The zero-order valence-electron chi connectivity index (χ0n) is 10.9. The Bertz CT molecular complexity index is 723. The number of benzene rings is 2. The maximum absolute atomic E-state index is 10.9. The van der Waals surface area contributed by atoms with Gasteiger partial charge in [-0.1, -0.05) is 23.7 Å². The Balaban J connectivity index is 1.65. The average Bonchev–Trinajstić information content (AvgIpc) is 2.94. The van der Waals surface area contributed by atoms with Crippen LogP contribution in [0.25, 0.3) is 5.69 Å². The van der Waals surface area contributed by atoms with Gasteiger partial charge in [0, 0.05) is 17.2 Å². The summed E-state index contributed by atoms with van der Waals surface area (Å²) in [6.07, 6.45) is 1.27. The normalized spacial score (nSPS) is 10.5. The van der Waals surface area contributed by atoms with Crippen LogP contribution in [0.15, 0.2) is 59.3 Å². The van der Waals surface area contributed by atoms with Crippen molar-refractivity contribution in [1.29, 1.82) is 0 Å². The summed E-state index contributed by atoms with van der Waals surface area (Å²) in [5, 5.41) is 15.2. The molecule has 21 heavy (non-hydrogen) atoms. The van der Waals surface area contributed by atoms with E-state index < -0.39 is 5.95 Å². The van der Waals surface area contributed by atoms with E-state index in [2.05, 4.69) is 9.79 Å². The summed E-state index contributed by atoms with van der Waals surface area (Å²) in [7, 11) is 0. The van der Waals surface area contributed by atoms with Gasteiger partial charge in [-0.2, -0.15) is 0 Å². The molecule has 0 saturated carbocycles. The van der Waals surface area contributed by atoms with Crippen LogP contribution in [0.3, 0.4) is 0 Å². The van der Waals surface area contributed by atoms with Crippen LogP contribution >= 0.6 is 11.6 Å². The summed E-state index contributed by atoms with van der Waals surface area (Å²) >= 11 is 5.83. The lowest BCUT2D eigenvalue weighted by molar-refractivity contribution is -0.670. The third-order valence-electron chi connectivity index (χ3n) is 2.87. The van der Waals surface area contributed by atoms with Crippen LogP contribution in [0, 0.1) is 0 Å². The number of hydrogen-bond donors (Lipinski definition) is 0. The maximum Gasteiger partial charge on any atom is 0.239 e. The fraction of sp³-hybridized carbons (Fsp3) is 0.0667. The van der Waals surface area contributed by atoms with Gasteiger partial charge in [0.25, 0.3) is 0 Å². The summed E-state index contributed by atoms with van der Waals surface area (Å²) in [4.78, 5) is 0. The Labute approximate surface area is 125 Å². The third kappa shape index (κ3) is 3.32. The van der Waals surface area contributed by atoms with Crippen LogP contribution in [0.4, 0.5) is 0 Å². The first-order chi connectivity index (χ1) is 10.2. The summed E-state index contributed by atoms with van der Waals surface area (Å²) in [6, 6.07) is 14.7. The topological polar surface area (TPSA) is 62.2 Å². The minimum absolute atomic E-state index is 0.457. The monoisotopic (exact) mass is 302 g/mol. The average molecular weight is 303 g/mol. The molecule has 1 aromatic heterocycles. The molecule has 0 N–H and O–H groups in total. The minimum Gasteiger partial charge on any atom is -0.539 e. The van der Waals surface area contributed by atoms with Gasteiger partial charge in [0.05, 0.1) is 5.27 Å². The molecule has 0 bridgehead atoms. The minimum atomic E-state index is -0.488. The van der Waals surface area contributed by atoms with Crippen LogP contribution in [0.5, 0.6) is 11.7 Å². The van der Waals surface area contributed by atoms with Crippen molar-refractivity contribution in [3.8, 4) is 17.4 Å². The van der Waals surface area contributed by atoms with Crippen molar-refractivity contribution in [2.75, 3.05) is 0 Å². The third-order valence-corrected chi connectivity index (χ3v) is 3.12. The van der Waals surface area contributed by atoms with Gasteiger partial charge in [-0.25, -0.2) is 0 Å². The van der Waals surface area contributed by atoms with Gasteiger partial charge in [0.1, 0.15) is 18.3 Å².